The minimum absolute atomic E-state index is 0.0633. The standard InChI is InChI=1S/C18H18N4O2S/c1-18(2)6-5-13(22-24)15-14(18)11-9-10(3-4-12(11)20-15)16(23)21-17-19-7-8-25-17/h3-4,7-9,20,24H,5-6H2,1-2H3,(H,19,21,23)/b22-13+. The molecule has 0 unspecified atom stereocenters. The Morgan fingerprint density at radius 2 is 2.28 bits per heavy atom. The maximum absolute atomic E-state index is 12.5. The van der Waals surface area contributed by atoms with Gasteiger partial charge in [-0.05, 0) is 42.0 Å². The van der Waals surface area contributed by atoms with Crippen LogP contribution >= 0.6 is 11.3 Å². The Labute approximate surface area is 148 Å². The second kappa shape index (κ2) is 5.70. The van der Waals surface area contributed by atoms with Crippen LogP contribution in [0.2, 0.25) is 0 Å². The van der Waals surface area contributed by atoms with E-state index in [4.69, 9.17) is 0 Å². The molecule has 2 aromatic heterocycles. The van der Waals surface area contributed by atoms with Crippen molar-refractivity contribution in [1.29, 1.82) is 0 Å². The van der Waals surface area contributed by atoms with Crippen molar-refractivity contribution in [2.75, 3.05) is 5.32 Å². The van der Waals surface area contributed by atoms with Gasteiger partial charge in [-0.1, -0.05) is 19.0 Å². The Balaban J connectivity index is 1.82. The fourth-order valence-corrected chi connectivity index (χ4v) is 4.01. The van der Waals surface area contributed by atoms with Gasteiger partial charge in [-0.25, -0.2) is 4.98 Å². The highest BCUT2D eigenvalue weighted by Gasteiger charge is 2.34. The van der Waals surface area contributed by atoms with Crippen LogP contribution in [0.3, 0.4) is 0 Å². The summed E-state index contributed by atoms with van der Waals surface area (Å²) in [7, 11) is 0. The summed E-state index contributed by atoms with van der Waals surface area (Å²) in [6, 6.07) is 5.58. The van der Waals surface area contributed by atoms with E-state index in [1.165, 1.54) is 11.3 Å². The molecule has 7 heteroatoms. The van der Waals surface area contributed by atoms with Gasteiger partial charge in [0.1, 0.15) is 5.71 Å². The Morgan fingerprint density at radius 1 is 1.44 bits per heavy atom. The van der Waals surface area contributed by atoms with Crippen LogP contribution in [0.1, 0.15) is 48.3 Å². The number of rotatable bonds is 2. The number of aromatic amines is 1. The van der Waals surface area contributed by atoms with Crippen LogP contribution in [-0.4, -0.2) is 26.8 Å². The molecule has 3 N–H and O–H groups in total. The molecule has 6 nitrogen and oxygen atoms in total. The molecule has 0 spiro atoms. The van der Waals surface area contributed by atoms with Crippen molar-refractivity contribution >= 4 is 39.0 Å². The number of amides is 1. The lowest BCUT2D eigenvalue weighted by molar-refractivity contribution is 0.102. The molecule has 0 atom stereocenters. The number of oxime groups is 1. The Morgan fingerprint density at radius 3 is 3.00 bits per heavy atom. The van der Waals surface area contributed by atoms with E-state index in [-0.39, 0.29) is 11.3 Å². The summed E-state index contributed by atoms with van der Waals surface area (Å²) >= 11 is 1.38. The van der Waals surface area contributed by atoms with Crippen LogP contribution in [0.25, 0.3) is 10.9 Å². The van der Waals surface area contributed by atoms with Crippen LogP contribution in [-0.2, 0) is 5.41 Å². The van der Waals surface area contributed by atoms with Gasteiger partial charge in [0, 0.05) is 28.0 Å². The second-order valence-electron chi connectivity index (χ2n) is 6.86. The topological polar surface area (TPSA) is 90.4 Å². The molecule has 0 bridgehead atoms. The van der Waals surface area contributed by atoms with Crippen molar-refractivity contribution in [2.24, 2.45) is 5.16 Å². The summed E-state index contributed by atoms with van der Waals surface area (Å²) in [5.41, 5.74) is 4.09. The van der Waals surface area contributed by atoms with Crippen molar-refractivity contribution in [1.82, 2.24) is 9.97 Å². The zero-order chi connectivity index (χ0) is 17.6. The van der Waals surface area contributed by atoms with Gasteiger partial charge in [0.2, 0.25) is 0 Å². The van der Waals surface area contributed by atoms with Gasteiger partial charge in [-0.15, -0.1) is 11.3 Å². The molecule has 128 valence electrons. The van der Waals surface area contributed by atoms with E-state index in [0.717, 1.165) is 35.0 Å². The van der Waals surface area contributed by atoms with Crippen LogP contribution in [0, 0.1) is 0 Å². The smallest absolute Gasteiger partial charge is 0.257 e. The van der Waals surface area contributed by atoms with Gasteiger partial charge in [0.05, 0.1) is 5.69 Å². The number of nitrogens with zero attached hydrogens (tertiary/aromatic N) is 2. The molecule has 1 aromatic carbocycles. The van der Waals surface area contributed by atoms with E-state index in [1.54, 1.807) is 12.3 Å². The average Bonchev–Trinajstić information content (AvgIpc) is 3.21. The van der Waals surface area contributed by atoms with Gasteiger partial charge in [-0.3, -0.25) is 10.1 Å². The third-order valence-corrected chi connectivity index (χ3v) is 5.47. The molecule has 0 saturated carbocycles. The number of aromatic nitrogens is 2. The molecular formula is C18H18N4O2S. The Bertz CT molecular complexity index is 986. The first-order chi connectivity index (χ1) is 12.0. The number of H-pyrrole nitrogens is 1. The van der Waals surface area contributed by atoms with E-state index in [1.807, 2.05) is 17.5 Å². The highest BCUT2D eigenvalue weighted by atomic mass is 32.1. The lowest BCUT2D eigenvalue weighted by atomic mass is 9.73. The second-order valence-corrected chi connectivity index (χ2v) is 7.75. The lowest BCUT2D eigenvalue weighted by Gasteiger charge is -2.30. The molecule has 1 amide bonds. The van der Waals surface area contributed by atoms with E-state index in [2.05, 4.69) is 34.3 Å². The normalized spacial score (nSPS) is 17.6. The van der Waals surface area contributed by atoms with E-state index >= 15 is 0 Å². The number of carbonyl (C=O) groups excluding carboxylic acids is 1. The molecule has 1 aliphatic rings. The molecule has 0 saturated heterocycles. The van der Waals surface area contributed by atoms with Gasteiger partial charge in [-0.2, -0.15) is 0 Å². The molecule has 0 fully saturated rings. The number of carbonyl (C=O) groups is 1. The van der Waals surface area contributed by atoms with E-state index in [0.29, 0.717) is 16.4 Å². The zero-order valence-corrected chi connectivity index (χ0v) is 14.8. The van der Waals surface area contributed by atoms with Crippen molar-refractivity contribution in [2.45, 2.75) is 32.1 Å². The Kier molecular flexibility index (Phi) is 3.61. The molecule has 0 radical (unpaired) electrons. The summed E-state index contributed by atoms with van der Waals surface area (Å²) in [5, 5.41) is 19.0. The molecule has 4 rings (SSSR count). The van der Waals surface area contributed by atoms with Crippen LogP contribution < -0.4 is 5.32 Å². The third kappa shape index (κ3) is 2.60. The molecule has 3 aromatic rings. The van der Waals surface area contributed by atoms with Crippen LogP contribution in [0.15, 0.2) is 34.9 Å². The SMILES string of the molecule is CC1(C)CC/C(=N\O)c2[nH]c3ccc(C(=O)Nc4nccs4)cc3c21. The number of fused-ring (bicyclic) bond motifs is 3. The highest BCUT2D eigenvalue weighted by Crippen LogP contribution is 2.41. The van der Waals surface area contributed by atoms with Gasteiger partial charge < -0.3 is 10.2 Å². The number of thiazole rings is 1. The van der Waals surface area contributed by atoms with E-state index < -0.39 is 0 Å². The van der Waals surface area contributed by atoms with Crippen molar-refractivity contribution in [3.63, 3.8) is 0 Å². The maximum Gasteiger partial charge on any atom is 0.257 e. The fraction of sp³-hybridized carbons (Fsp3) is 0.278. The first-order valence-electron chi connectivity index (χ1n) is 8.08. The lowest BCUT2D eigenvalue weighted by Crippen LogP contribution is -2.27. The third-order valence-electron chi connectivity index (χ3n) is 4.79. The Hall–Kier alpha value is -2.67. The number of hydrogen-bond acceptors (Lipinski definition) is 5. The predicted molar refractivity (Wildman–Crippen MR) is 98.9 cm³/mol. The van der Waals surface area contributed by atoms with Gasteiger partial charge in [0.15, 0.2) is 5.13 Å². The van der Waals surface area contributed by atoms with Gasteiger partial charge in [0.25, 0.3) is 5.91 Å². The minimum atomic E-state index is -0.184. The molecule has 2 heterocycles. The summed E-state index contributed by atoms with van der Waals surface area (Å²) < 4.78 is 0. The molecule has 0 aliphatic heterocycles. The van der Waals surface area contributed by atoms with Crippen LogP contribution in [0.5, 0.6) is 0 Å². The maximum atomic E-state index is 12.5. The average molecular weight is 354 g/mol. The quantitative estimate of drug-likeness (QED) is 0.477. The minimum Gasteiger partial charge on any atom is -0.411 e. The zero-order valence-electron chi connectivity index (χ0n) is 14.0. The van der Waals surface area contributed by atoms with Crippen molar-refractivity contribution in [3.8, 4) is 0 Å². The summed E-state index contributed by atoms with van der Waals surface area (Å²) in [5.74, 6) is -0.184. The monoisotopic (exact) mass is 354 g/mol. The van der Waals surface area contributed by atoms with Crippen LogP contribution in [0.4, 0.5) is 5.13 Å². The van der Waals surface area contributed by atoms with Gasteiger partial charge >= 0.3 is 0 Å². The molecule has 1 aliphatic carbocycles. The fourth-order valence-electron chi connectivity index (χ4n) is 3.49. The molecule has 25 heavy (non-hydrogen) atoms. The number of hydrogen-bond donors (Lipinski definition) is 3. The summed E-state index contributed by atoms with van der Waals surface area (Å²) in [6.45, 7) is 4.35. The number of anilines is 1. The summed E-state index contributed by atoms with van der Waals surface area (Å²) in [4.78, 5) is 19.9. The molecular weight excluding hydrogens is 336 g/mol. The largest absolute Gasteiger partial charge is 0.411 e. The first-order valence-corrected chi connectivity index (χ1v) is 8.96. The van der Waals surface area contributed by atoms with Crippen molar-refractivity contribution in [3.05, 3.63) is 46.6 Å². The van der Waals surface area contributed by atoms with E-state index in [9.17, 15) is 10.0 Å². The summed E-state index contributed by atoms with van der Waals surface area (Å²) in [6.07, 6.45) is 3.27. The predicted octanol–water partition coefficient (Wildman–Crippen LogP) is 4.13. The first kappa shape index (κ1) is 15.8. The number of benzene rings is 1. The highest BCUT2D eigenvalue weighted by molar-refractivity contribution is 7.13. The van der Waals surface area contributed by atoms with Crippen molar-refractivity contribution < 1.29 is 10.0 Å². The number of nitrogens with one attached hydrogen (secondary N) is 2.